The topological polar surface area (TPSA) is 48.6 Å². The lowest BCUT2D eigenvalue weighted by atomic mass is 10.1. The largest absolute Gasteiger partial charge is 0.492 e. The Morgan fingerprint density at radius 1 is 0.963 bits per heavy atom. The summed E-state index contributed by atoms with van der Waals surface area (Å²) in [7, 11) is 0. The molecule has 3 aromatic rings. The van der Waals surface area contributed by atoms with Crippen LogP contribution in [0.2, 0.25) is 0 Å². The molecule has 1 aliphatic rings. The van der Waals surface area contributed by atoms with Gasteiger partial charge in [-0.3, -0.25) is 9.69 Å². The first kappa shape index (κ1) is 17.6. The van der Waals surface area contributed by atoms with Gasteiger partial charge in [0.2, 0.25) is 5.91 Å². The van der Waals surface area contributed by atoms with Gasteiger partial charge in [-0.2, -0.15) is 0 Å². The highest BCUT2D eigenvalue weighted by atomic mass is 16.5. The van der Waals surface area contributed by atoms with Gasteiger partial charge in [0.1, 0.15) is 12.4 Å². The van der Waals surface area contributed by atoms with Crippen LogP contribution in [0, 0.1) is 0 Å². The van der Waals surface area contributed by atoms with Crippen molar-refractivity contribution in [2.75, 3.05) is 39.3 Å². The molecule has 0 unspecified atom stereocenters. The number of hydrogen-bond acceptors (Lipinski definition) is 3. The number of carbonyl (C=O) groups excluding carboxylic acids is 1. The van der Waals surface area contributed by atoms with E-state index < -0.39 is 0 Å². The molecule has 2 aromatic carbocycles. The monoisotopic (exact) mass is 363 g/mol. The lowest BCUT2D eigenvalue weighted by Gasteiger charge is -2.34. The predicted octanol–water partition coefficient (Wildman–Crippen LogP) is 2.93. The van der Waals surface area contributed by atoms with Crippen LogP contribution in [0.15, 0.2) is 60.8 Å². The summed E-state index contributed by atoms with van der Waals surface area (Å²) in [5.74, 6) is 1.12. The summed E-state index contributed by atoms with van der Waals surface area (Å²) in [4.78, 5) is 20.3. The minimum absolute atomic E-state index is 0.208. The predicted molar refractivity (Wildman–Crippen MR) is 107 cm³/mol. The Bertz CT molecular complexity index is 883. The highest BCUT2D eigenvalue weighted by Gasteiger charge is 2.21. The highest BCUT2D eigenvalue weighted by molar-refractivity contribution is 5.88. The Kier molecular flexibility index (Phi) is 5.39. The molecule has 5 nitrogen and oxygen atoms in total. The van der Waals surface area contributed by atoms with Crippen LogP contribution in [-0.4, -0.2) is 60.0 Å². The van der Waals surface area contributed by atoms with Crippen molar-refractivity contribution < 1.29 is 9.53 Å². The number of piperazine rings is 1. The summed E-state index contributed by atoms with van der Waals surface area (Å²) in [5, 5.41) is 1.14. The van der Waals surface area contributed by atoms with E-state index in [0.717, 1.165) is 54.9 Å². The third kappa shape index (κ3) is 4.31. The van der Waals surface area contributed by atoms with Crippen molar-refractivity contribution >= 4 is 16.8 Å². The Morgan fingerprint density at radius 2 is 1.70 bits per heavy atom. The molecule has 5 heteroatoms. The smallest absolute Gasteiger partial charge is 0.227 e. The van der Waals surface area contributed by atoms with Gasteiger partial charge in [0.15, 0.2) is 0 Å². The van der Waals surface area contributed by atoms with Crippen LogP contribution in [-0.2, 0) is 11.2 Å². The van der Waals surface area contributed by atoms with E-state index in [2.05, 4.69) is 16.0 Å². The number of para-hydroxylation sites is 2. The second-order valence-corrected chi connectivity index (χ2v) is 6.92. The number of nitrogens with one attached hydrogen (secondary N) is 1. The maximum Gasteiger partial charge on any atom is 0.227 e. The first-order valence-electron chi connectivity index (χ1n) is 9.52. The SMILES string of the molecule is O=C(Cc1c[nH]c2ccccc12)N1CCN(CCOc2ccccc2)CC1. The van der Waals surface area contributed by atoms with Crippen LogP contribution >= 0.6 is 0 Å². The van der Waals surface area contributed by atoms with Crippen molar-refractivity contribution in [2.24, 2.45) is 0 Å². The van der Waals surface area contributed by atoms with E-state index in [0.29, 0.717) is 13.0 Å². The maximum atomic E-state index is 12.7. The summed E-state index contributed by atoms with van der Waals surface area (Å²) in [6.45, 7) is 4.93. The quantitative estimate of drug-likeness (QED) is 0.733. The number of rotatable bonds is 6. The molecule has 2 heterocycles. The number of nitrogens with zero attached hydrogens (tertiary/aromatic N) is 2. The Hall–Kier alpha value is -2.79. The number of benzene rings is 2. The molecule has 1 aliphatic heterocycles. The molecule has 140 valence electrons. The molecule has 0 spiro atoms. The van der Waals surface area contributed by atoms with Crippen LogP contribution in [0.4, 0.5) is 0 Å². The molecule has 1 amide bonds. The van der Waals surface area contributed by atoms with Crippen LogP contribution < -0.4 is 4.74 Å². The normalized spacial score (nSPS) is 15.2. The summed E-state index contributed by atoms with van der Waals surface area (Å²) in [5.41, 5.74) is 2.16. The lowest BCUT2D eigenvalue weighted by Crippen LogP contribution is -2.49. The number of hydrogen-bond donors (Lipinski definition) is 1. The number of fused-ring (bicyclic) bond motifs is 1. The molecule has 0 radical (unpaired) electrons. The van der Waals surface area contributed by atoms with Gasteiger partial charge in [-0.15, -0.1) is 0 Å². The molecule has 1 aromatic heterocycles. The molecular formula is C22H25N3O2. The fourth-order valence-electron chi connectivity index (χ4n) is 3.58. The van der Waals surface area contributed by atoms with Gasteiger partial charge in [0, 0.05) is 49.8 Å². The fraction of sp³-hybridized carbons (Fsp3) is 0.318. The number of H-pyrrole nitrogens is 1. The number of amides is 1. The van der Waals surface area contributed by atoms with Crippen LogP contribution in [0.25, 0.3) is 10.9 Å². The minimum atomic E-state index is 0.208. The molecule has 0 bridgehead atoms. The van der Waals surface area contributed by atoms with E-state index in [-0.39, 0.29) is 5.91 Å². The molecule has 0 atom stereocenters. The second-order valence-electron chi connectivity index (χ2n) is 6.92. The zero-order valence-corrected chi connectivity index (χ0v) is 15.4. The van der Waals surface area contributed by atoms with Crippen LogP contribution in [0.3, 0.4) is 0 Å². The zero-order chi connectivity index (χ0) is 18.5. The summed E-state index contributed by atoms with van der Waals surface area (Å²) in [6, 6.07) is 18.0. The van der Waals surface area contributed by atoms with Gasteiger partial charge in [0.25, 0.3) is 0 Å². The molecular weight excluding hydrogens is 338 g/mol. The summed E-state index contributed by atoms with van der Waals surface area (Å²) < 4.78 is 5.77. The number of ether oxygens (including phenoxy) is 1. The average molecular weight is 363 g/mol. The van der Waals surface area contributed by atoms with Crippen molar-refractivity contribution in [2.45, 2.75) is 6.42 Å². The third-order valence-electron chi connectivity index (χ3n) is 5.16. The van der Waals surface area contributed by atoms with Crippen LogP contribution in [0.5, 0.6) is 5.75 Å². The molecule has 4 rings (SSSR count). The summed E-state index contributed by atoms with van der Waals surface area (Å²) >= 11 is 0. The third-order valence-corrected chi connectivity index (χ3v) is 5.16. The van der Waals surface area contributed by atoms with E-state index >= 15 is 0 Å². The lowest BCUT2D eigenvalue weighted by molar-refractivity contribution is -0.132. The average Bonchev–Trinajstić information content (AvgIpc) is 3.12. The maximum absolute atomic E-state index is 12.7. The van der Waals surface area contributed by atoms with Gasteiger partial charge in [-0.1, -0.05) is 36.4 Å². The number of aromatic nitrogens is 1. The van der Waals surface area contributed by atoms with E-state index in [9.17, 15) is 4.79 Å². The van der Waals surface area contributed by atoms with Gasteiger partial charge in [0.05, 0.1) is 6.42 Å². The fourth-order valence-corrected chi connectivity index (χ4v) is 3.58. The first-order valence-corrected chi connectivity index (χ1v) is 9.52. The molecule has 1 saturated heterocycles. The minimum Gasteiger partial charge on any atom is -0.492 e. The van der Waals surface area contributed by atoms with Crippen molar-refractivity contribution in [3.05, 3.63) is 66.4 Å². The summed E-state index contributed by atoms with van der Waals surface area (Å²) in [6.07, 6.45) is 2.42. The van der Waals surface area contributed by atoms with E-state index in [1.807, 2.05) is 59.6 Å². The van der Waals surface area contributed by atoms with E-state index in [1.54, 1.807) is 0 Å². The number of aromatic amines is 1. The Labute approximate surface area is 159 Å². The van der Waals surface area contributed by atoms with Gasteiger partial charge in [-0.25, -0.2) is 0 Å². The van der Waals surface area contributed by atoms with Crippen molar-refractivity contribution in [1.82, 2.24) is 14.8 Å². The van der Waals surface area contributed by atoms with Gasteiger partial charge < -0.3 is 14.6 Å². The molecule has 27 heavy (non-hydrogen) atoms. The first-order chi connectivity index (χ1) is 13.3. The molecule has 0 saturated carbocycles. The van der Waals surface area contributed by atoms with E-state index in [1.165, 1.54) is 0 Å². The van der Waals surface area contributed by atoms with Crippen molar-refractivity contribution in [1.29, 1.82) is 0 Å². The van der Waals surface area contributed by atoms with Crippen molar-refractivity contribution in [3.8, 4) is 5.75 Å². The Balaban J connectivity index is 1.23. The molecule has 1 N–H and O–H groups in total. The highest BCUT2D eigenvalue weighted by Crippen LogP contribution is 2.19. The van der Waals surface area contributed by atoms with E-state index in [4.69, 9.17) is 4.74 Å². The molecule has 0 aliphatic carbocycles. The number of carbonyl (C=O) groups is 1. The molecule has 1 fully saturated rings. The standard InChI is InChI=1S/C22H25N3O2/c26-22(16-18-17-23-21-9-5-4-8-20(18)21)25-12-10-24(11-13-25)14-15-27-19-6-2-1-3-7-19/h1-9,17,23H,10-16H2. The van der Waals surface area contributed by atoms with Gasteiger partial charge >= 0.3 is 0 Å². The Morgan fingerprint density at radius 3 is 2.52 bits per heavy atom. The second kappa shape index (κ2) is 8.27. The van der Waals surface area contributed by atoms with Crippen molar-refractivity contribution in [3.63, 3.8) is 0 Å². The zero-order valence-electron chi connectivity index (χ0n) is 15.4. The van der Waals surface area contributed by atoms with Gasteiger partial charge in [-0.05, 0) is 23.8 Å². The van der Waals surface area contributed by atoms with Crippen LogP contribution in [0.1, 0.15) is 5.56 Å².